The highest BCUT2D eigenvalue weighted by molar-refractivity contribution is 7.17. The molecule has 0 atom stereocenters. The van der Waals surface area contributed by atoms with Gasteiger partial charge in [0.15, 0.2) is 0 Å². The maximum atomic E-state index is 12.6. The Morgan fingerprint density at radius 1 is 1.14 bits per heavy atom. The molecule has 0 unspecified atom stereocenters. The van der Waals surface area contributed by atoms with Gasteiger partial charge in [0.2, 0.25) is 0 Å². The molecular weight excluding hydrogens is 370 g/mol. The van der Waals surface area contributed by atoms with E-state index in [1.807, 2.05) is 43.5 Å². The van der Waals surface area contributed by atoms with Gasteiger partial charge in [-0.05, 0) is 49.9 Å². The molecule has 1 aliphatic rings. The Hall–Kier alpha value is -2.80. The Labute approximate surface area is 168 Å². The molecule has 0 aliphatic carbocycles. The average molecular weight is 394 g/mol. The zero-order valence-electron chi connectivity index (χ0n) is 15.9. The van der Waals surface area contributed by atoms with Crippen LogP contribution >= 0.6 is 11.3 Å². The number of anilines is 1. The predicted molar refractivity (Wildman–Crippen MR) is 112 cm³/mol. The molecule has 0 aromatic carbocycles. The highest BCUT2D eigenvalue weighted by Gasteiger charge is 2.17. The quantitative estimate of drug-likeness (QED) is 0.713. The first-order valence-corrected chi connectivity index (χ1v) is 10.4. The molecule has 0 bridgehead atoms. The second-order valence-corrected chi connectivity index (χ2v) is 7.90. The summed E-state index contributed by atoms with van der Waals surface area (Å²) in [6, 6.07) is 9.76. The SMILES string of the molecule is Cc1nc(-c2ccccn2)sc1C(=O)NCc1ccc(N2CCCCC2)nc1. The summed E-state index contributed by atoms with van der Waals surface area (Å²) in [4.78, 5) is 28.9. The van der Waals surface area contributed by atoms with Gasteiger partial charge in [-0.15, -0.1) is 11.3 Å². The lowest BCUT2D eigenvalue weighted by atomic mass is 10.1. The summed E-state index contributed by atoms with van der Waals surface area (Å²) in [5, 5.41) is 3.74. The van der Waals surface area contributed by atoms with Crippen molar-refractivity contribution in [3.05, 3.63) is 58.9 Å². The third-order valence-electron chi connectivity index (χ3n) is 4.83. The Balaban J connectivity index is 1.38. The van der Waals surface area contributed by atoms with Crippen LogP contribution in [-0.2, 0) is 6.54 Å². The first kappa shape index (κ1) is 18.6. The summed E-state index contributed by atoms with van der Waals surface area (Å²) in [5.74, 6) is 0.908. The van der Waals surface area contributed by atoms with Crippen LogP contribution in [0.15, 0.2) is 42.7 Å². The standard InChI is InChI=1S/C21H23N5OS/c1-15-19(28-21(25-15)17-7-3-4-10-22-17)20(27)24-14-16-8-9-18(23-13-16)26-11-5-2-6-12-26/h3-4,7-10,13H,2,5-6,11-12,14H2,1H3,(H,24,27). The van der Waals surface area contributed by atoms with Gasteiger partial charge in [0, 0.05) is 32.0 Å². The van der Waals surface area contributed by atoms with Crippen molar-refractivity contribution in [3.8, 4) is 10.7 Å². The van der Waals surface area contributed by atoms with Gasteiger partial charge in [0.25, 0.3) is 5.91 Å². The van der Waals surface area contributed by atoms with E-state index in [9.17, 15) is 4.79 Å². The van der Waals surface area contributed by atoms with Gasteiger partial charge in [-0.25, -0.2) is 9.97 Å². The lowest BCUT2D eigenvalue weighted by Crippen LogP contribution is -2.30. The molecule has 3 aromatic heterocycles. The van der Waals surface area contributed by atoms with Crippen LogP contribution in [0, 0.1) is 6.92 Å². The van der Waals surface area contributed by atoms with Crippen LogP contribution < -0.4 is 10.2 Å². The van der Waals surface area contributed by atoms with E-state index >= 15 is 0 Å². The number of hydrogen-bond acceptors (Lipinski definition) is 6. The molecule has 1 amide bonds. The molecule has 3 aromatic rings. The van der Waals surface area contributed by atoms with Crippen LogP contribution in [0.25, 0.3) is 10.7 Å². The van der Waals surface area contributed by atoms with E-state index in [4.69, 9.17) is 0 Å². The van der Waals surface area contributed by atoms with Gasteiger partial charge < -0.3 is 10.2 Å². The monoisotopic (exact) mass is 393 g/mol. The summed E-state index contributed by atoms with van der Waals surface area (Å²) in [6.07, 6.45) is 7.34. The number of nitrogens with zero attached hydrogens (tertiary/aromatic N) is 4. The Morgan fingerprint density at radius 2 is 2.00 bits per heavy atom. The zero-order chi connectivity index (χ0) is 19.3. The summed E-state index contributed by atoms with van der Waals surface area (Å²) in [6.45, 7) is 4.45. The van der Waals surface area contributed by atoms with Gasteiger partial charge in [0.05, 0.1) is 11.4 Å². The molecule has 1 saturated heterocycles. The molecule has 28 heavy (non-hydrogen) atoms. The number of thiazole rings is 1. The number of hydrogen-bond donors (Lipinski definition) is 1. The summed E-state index contributed by atoms with van der Waals surface area (Å²) in [5.41, 5.74) is 2.50. The van der Waals surface area contributed by atoms with Crippen molar-refractivity contribution < 1.29 is 4.79 Å². The minimum atomic E-state index is -0.114. The summed E-state index contributed by atoms with van der Waals surface area (Å²) >= 11 is 1.37. The van der Waals surface area contributed by atoms with Crippen molar-refractivity contribution in [2.75, 3.05) is 18.0 Å². The van der Waals surface area contributed by atoms with E-state index in [0.29, 0.717) is 11.4 Å². The first-order chi connectivity index (χ1) is 13.7. The minimum absolute atomic E-state index is 0.114. The second kappa shape index (κ2) is 8.48. The molecule has 4 rings (SSSR count). The van der Waals surface area contributed by atoms with Gasteiger partial charge in [-0.3, -0.25) is 9.78 Å². The minimum Gasteiger partial charge on any atom is -0.357 e. The van der Waals surface area contributed by atoms with Crippen LogP contribution in [0.1, 0.15) is 40.2 Å². The Kier molecular flexibility index (Phi) is 5.62. The predicted octanol–water partition coefficient (Wildman–Crippen LogP) is 3.83. The maximum Gasteiger partial charge on any atom is 0.263 e. The fraction of sp³-hybridized carbons (Fsp3) is 0.333. The lowest BCUT2D eigenvalue weighted by Gasteiger charge is -2.27. The van der Waals surface area contributed by atoms with Crippen molar-refractivity contribution in [3.63, 3.8) is 0 Å². The number of aryl methyl sites for hydroxylation is 1. The van der Waals surface area contributed by atoms with Crippen molar-refractivity contribution in [2.45, 2.75) is 32.7 Å². The number of rotatable bonds is 5. The summed E-state index contributed by atoms with van der Waals surface area (Å²) < 4.78 is 0. The number of carbonyl (C=O) groups is 1. The third-order valence-corrected chi connectivity index (χ3v) is 6.01. The number of piperidine rings is 1. The number of amides is 1. The van der Waals surface area contributed by atoms with Gasteiger partial charge in [0.1, 0.15) is 15.7 Å². The van der Waals surface area contributed by atoms with E-state index in [1.165, 1.54) is 30.6 Å². The molecule has 1 aliphatic heterocycles. The molecule has 0 saturated carbocycles. The van der Waals surface area contributed by atoms with Crippen LogP contribution in [-0.4, -0.2) is 33.9 Å². The maximum absolute atomic E-state index is 12.6. The number of pyridine rings is 2. The van der Waals surface area contributed by atoms with Crippen LogP contribution in [0.4, 0.5) is 5.82 Å². The molecule has 1 fully saturated rings. The van der Waals surface area contributed by atoms with Crippen LogP contribution in [0.5, 0.6) is 0 Å². The van der Waals surface area contributed by atoms with E-state index in [-0.39, 0.29) is 5.91 Å². The first-order valence-electron chi connectivity index (χ1n) is 9.57. The number of nitrogens with one attached hydrogen (secondary N) is 1. The fourth-order valence-corrected chi connectivity index (χ4v) is 4.26. The highest BCUT2D eigenvalue weighted by atomic mass is 32.1. The molecular formula is C21H23N5OS. The zero-order valence-corrected chi connectivity index (χ0v) is 16.7. The molecule has 7 heteroatoms. The summed E-state index contributed by atoms with van der Waals surface area (Å²) in [7, 11) is 0. The Morgan fingerprint density at radius 3 is 2.71 bits per heavy atom. The lowest BCUT2D eigenvalue weighted by molar-refractivity contribution is 0.0954. The fourth-order valence-electron chi connectivity index (χ4n) is 3.30. The van der Waals surface area contributed by atoms with E-state index in [2.05, 4.69) is 25.2 Å². The molecule has 0 radical (unpaired) electrons. The van der Waals surface area contributed by atoms with Crippen LogP contribution in [0.2, 0.25) is 0 Å². The van der Waals surface area contributed by atoms with Gasteiger partial charge in [-0.1, -0.05) is 12.1 Å². The molecule has 144 valence electrons. The van der Waals surface area contributed by atoms with Crippen molar-refractivity contribution in [1.29, 1.82) is 0 Å². The topological polar surface area (TPSA) is 71.0 Å². The van der Waals surface area contributed by atoms with E-state index in [1.54, 1.807) is 6.20 Å². The molecule has 0 spiro atoms. The number of aromatic nitrogens is 3. The Bertz CT molecular complexity index is 933. The van der Waals surface area contributed by atoms with Crippen molar-refractivity contribution in [2.24, 2.45) is 0 Å². The number of carbonyl (C=O) groups excluding carboxylic acids is 1. The third kappa shape index (κ3) is 4.20. The molecule has 4 heterocycles. The van der Waals surface area contributed by atoms with Crippen molar-refractivity contribution >= 4 is 23.1 Å². The van der Waals surface area contributed by atoms with Gasteiger partial charge in [-0.2, -0.15) is 0 Å². The van der Waals surface area contributed by atoms with E-state index < -0.39 is 0 Å². The highest BCUT2D eigenvalue weighted by Crippen LogP contribution is 2.26. The molecule has 1 N–H and O–H groups in total. The van der Waals surface area contributed by atoms with E-state index in [0.717, 1.165) is 40.9 Å². The van der Waals surface area contributed by atoms with Crippen LogP contribution in [0.3, 0.4) is 0 Å². The van der Waals surface area contributed by atoms with Crippen molar-refractivity contribution in [1.82, 2.24) is 20.3 Å². The largest absolute Gasteiger partial charge is 0.357 e. The molecule has 6 nitrogen and oxygen atoms in total. The average Bonchev–Trinajstić information content (AvgIpc) is 3.15. The normalized spacial score (nSPS) is 14.1. The van der Waals surface area contributed by atoms with Gasteiger partial charge >= 0.3 is 0 Å². The second-order valence-electron chi connectivity index (χ2n) is 6.90. The smallest absolute Gasteiger partial charge is 0.263 e.